The maximum absolute atomic E-state index is 12.2. The molecular formula is C14H12Cl2N2O3. The lowest BCUT2D eigenvalue weighted by Crippen LogP contribution is -2.13. The third kappa shape index (κ3) is 3.44. The second-order valence-corrected chi connectivity index (χ2v) is 4.93. The first-order valence-electron chi connectivity index (χ1n) is 5.95. The molecule has 7 heteroatoms. The van der Waals surface area contributed by atoms with Gasteiger partial charge in [0, 0.05) is 17.3 Å². The van der Waals surface area contributed by atoms with E-state index in [4.69, 9.17) is 27.9 Å². The lowest BCUT2D eigenvalue weighted by Gasteiger charge is -2.11. The summed E-state index contributed by atoms with van der Waals surface area (Å²) in [5, 5.41) is 12.3. The van der Waals surface area contributed by atoms with Gasteiger partial charge in [-0.1, -0.05) is 23.2 Å². The third-order valence-corrected chi connectivity index (χ3v) is 3.36. The molecular weight excluding hydrogens is 315 g/mol. The van der Waals surface area contributed by atoms with Crippen LogP contribution in [-0.4, -0.2) is 23.1 Å². The van der Waals surface area contributed by atoms with E-state index < -0.39 is 5.91 Å². The highest BCUT2D eigenvalue weighted by molar-refractivity contribution is 6.37. The largest absolute Gasteiger partial charge is 0.494 e. The molecule has 0 aliphatic heterocycles. The van der Waals surface area contributed by atoms with Crippen LogP contribution in [0.2, 0.25) is 10.0 Å². The fourth-order valence-corrected chi connectivity index (χ4v) is 2.40. The summed E-state index contributed by atoms with van der Waals surface area (Å²) < 4.78 is 5.03. The minimum atomic E-state index is -0.413. The molecule has 0 aliphatic rings. The zero-order valence-corrected chi connectivity index (χ0v) is 12.6. The molecule has 2 rings (SSSR count). The van der Waals surface area contributed by atoms with Crippen molar-refractivity contribution in [2.45, 2.75) is 6.61 Å². The first kappa shape index (κ1) is 15.6. The summed E-state index contributed by atoms with van der Waals surface area (Å²) in [6, 6.07) is 4.52. The Balaban J connectivity index is 2.29. The molecule has 0 aliphatic carbocycles. The Morgan fingerprint density at radius 2 is 2.05 bits per heavy atom. The summed E-state index contributed by atoms with van der Waals surface area (Å²) in [6.07, 6.45) is 2.98. The van der Waals surface area contributed by atoms with Gasteiger partial charge >= 0.3 is 0 Å². The van der Waals surface area contributed by atoms with E-state index in [1.165, 1.54) is 31.6 Å². The van der Waals surface area contributed by atoms with E-state index in [9.17, 15) is 9.90 Å². The van der Waals surface area contributed by atoms with E-state index >= 15 is 0 Å². The van der Waals surface area contributed by atoms with Crippen LogP contribution in [-0.2, 0) is 6.61 Å². The number of hydrogen-bond acceptors (Lipinski definition) is 4. The number of aliphatic hydroxyl groups excluding tert-OH is 1. The molecule has 1 aromatic heterocycles. The Bertz CT molecular complexity index is 654. The SMILES string of the molecule is COc1c(Cl)cc(C(=O)Nc2cnccc2CO)cc1Cl. The van der Waals surface area contributed by atoms with Crippen LogP contribution < -0.4 is 10.1 Å². The molecule has 0 spiro atoms. The number of aliphatic hydroxyl groups is 1. The fourth-order valence-electron chi connectivity index (χ4n) is 1.75. The second kappa shape index (κ2) is 6.76. The molecule has 0 fully saturated rings. The maximum atomic E-state index is 12.2. The molecule has 0 bridgehead atoms. The van der Waals surface area contributed by atoms with Crippen molar-refractivity contribution in [3.8, 4) is 5.75 Å². The summed E-state index contributed by atoms with van der Waals surface area (Å²) in [6.45, 7) is -0.206. The van der Waals surface area contributed by atoms with Crippen LogP contribution >= 0.6 is 23.2 Å². The molecule has 0 unspecified atom stereocenters. The van der Waals surface area contributed by atoms with Crippen LogP contribution in [0.3, 0.4) is 0 Å². The van der Waals surface area contributed by atoms with Gasteiger partial charge in [-0.2, -0.15) is 0 Å². The molecule has 0 saturated carbocycles. The third-order valence-electron chi connectivity index (χ3n) is 2.79. The van der Waals surface area contributed by atoms with Crippen LogP contribution in [0.25, 0.3) is 0 Å². The predicted molar refractivity (Wildman–Crippen MR) is 81.1 cm³/mol. The van der Waals surface area contributed by atoms with E-state index in [2.05, 4.69) is 10.3 Å². The van der Waals surface area contributed by atoms with Crippen molar-refractivity contribution < 1.29 is 14.6 Å². The monoisotopic (exact) mass is 326 g/mol. The number of aromatic nitrogens is 1. The van der Waals surface area contributed by atoms with Crippen molar-refractivity contribution in [1.82, 2.24) is 4.98 Å². The van der Waals surface area contributed by atoms with Gasteiger partial charge in [0.1, 0.15) is 0 Å². The lowest BCUT2D eigenvalue weighted by atomic mass is 10.2. The molecule has 110 valence electrons. The van der Waals surface area contributed by atoms with Crippen molar-refractivity contribution in [2.24, 2.45) is 0 Å². The van der Waals surface area contributed by atoms with Crippen LogP contribution in [0.5, 0.6) is 5.75 Å². The number of rotatable bonds is 4. The smallest absolute Gasteiger partial charge is 0.255 e. The Morgan fingerprint density at radius 3 is 2.62 bits per heavy atom. The van der Waals surface area contributed by atoms with Gasteiger partial charge in [-0.3, -0.25) is 9.78 Å². The number of carbonyl (C=O) groups is 1. The van der Waals surface area contributed by atoms with E-state index in [1.807, 2.05) is 0 Å². The second-order valence-electron chi connectivity index (χ2n) is 4.12. The minimum absolute atomic E-state index is 0.206. The van der Waals surface area contributed by atoms with E-state index in [0.717, 1.165) is 0 Å². The van der Waals surface area contributed by atoms with E-state index in [1.54, 1.807) is 6.07 Å². The number of nitrogens with one attached hydrogen (secondary N) is 1. The molecule has 1 heterocycles. The van der Waals surface area contributed by atoms with Crippen molar-refractivity contribution in [3.63, 3.8) is 0 Å². The van der Waals surface area contributed by atoms with Crippen molar-refractivity contribution in [1.29, 1.82) is 0 Å². The zero-order chi connectivity index (χ0) is 15.4. The molecule has 0 atom stereocenters. The fraction of sp³-hybridized carbons (Fsp3) is 0.143. The summed E-state index contributed by atoms with van der Waals surface area (Å²) >= 11 is 12.0. The number of carbonyl (C=O) groups excluding carboxylic acids is 1. The standard InChI is InChI=1S/C14H12Cl2N2O3/c1-21-13-10(15)4-9(5-11(13)16)14(20)18-12-6-17-3-2-8(12)7-19/h2-6,19H,7H2,1H3,(H,18,20). The van der Waals surface area contributed by atoms with Gasteiger partial charge in [-0.15, -0.1) is 0 Å². The molecule has 2 N–H and O–H groups in total. The first-order chi connectivity index (χ1) is 10.1. The number of hydrogen-bond donors (Lipinski definition) is 2. The first-order valence-corrected chi connectivity index (χ1v) is 6.70. The molecule has 1 aromatic carbocycles. The highest BCUT2D eigenvalue weighted by Gasteiger charge is 2.14. The summed E-state index contributed by atoms with van der Waals surface area (Å²) in [7, 11) is 1.44. The van der Waals surface area contributed by atoms with Gasteiger partial charge < -0.3 is 15.2 Å². The van der Waals surface area contributed by atoms with Crippen molar-refractivity contribution in [3.05, 3.63) is 51.8 Å². The van der Waals surface area contributed by atoms with Crippen LogP contribution in [0.15, 0.2) is 30.6 Å². The van der Waals surface area contributed by atoms with Gasteiger partial charge in [-0.05, 0) is 18.2 Å². The van der Waals surface area contributed by atoms with Crippen LogP contribution in [0.4, 0.5) is 5.69 Å². The van der Waals surface area contributed by atoms with Gasteiger partial charge in [0.05, 0.1) is 35.6 Å². The Morgan fingerprint density at radius 1 is 1.38 bits per heavy atom. The molecule has 2 aromatic rings. The quantitative estimate of drug-likeness (QED) is 0.905. The van der Waals surface area contributed by atoms with E-state index in [-0.39, 0.29) is 22.2 Å². The number of pyridine rings is 1. The van der Waals surface area contributed by atoms with Crippen LogP contribution in [0.1, 0.15) is 15.9 Å². The molecule has 1 amide bonds. The van der Waals surface area contributed by atoms with Gasteiger partial charge in [0.2, 0.25) is 0 Å². The normalized spacial score (nSPS) is 10.3. The number of halogens is 2. The Hall–Kier alpha value is -1.82. The summed E-state index contributed by atoms with van der Waals surface area (Å²) in [4.78, 5) is 16.1. The highest BCUT2D eigenvalue weighted by Crippen LogP contribution is 2.34. The molecule has 21 heavy (non-hydrogen) atoms. The summed E-state index contributed by atoms with van der Waals surface area (Å²) in [5.74, 6) is -0.100. The zero-order valence-electron chi connectivity index (χ0n) is 11.1. The van der Waals surface area contributed by atoms with Gasteiger partial charge in [0.25, 0.3) is 5.91 Å². The van der Waals surface area contributed by atoms with E-state index in [0.29, 0.717) is 17.0 Å². The van der Waals surface area contributed by atoms with Crippen LogP contribution in [0, 0.1) is 0 Å². The maximum Gasteiger partial charge on any atom is 0.255 e. The highest BCUT2D eigenvalue weighted by atomic mass is 35.5. The molecule has 5 nitrogen and oxygen atoms in total. The van der Waals surface area contributed by atoms with Crippen molar-refractivity contribution >= 4 is 34.8 Å². The molecule has 0 radical (unpaired) electrons. The summed E-state index contributed by atoms with van der Waals surface area (Å²) in [5.41, 5.74) is 1.26. The number of amides is 1. The number of benzene rings is 1. The average Bonchev–Trinajstić information content (AvgIpc) is 2.47. The lowest BCUT2D eigenvalue weighted by molar-refractivity contribution is 0.102. The Kier molecular flexibility index (Phi) is 5.01. The van der Waals surface area contributed by atoms with Crippen molar-refractivity contribution in [2.75, 3.05) is 12.4 Å². The van der Waals surface area contributed by atoms with Gasteiger partial charge in [0.15, 0.2) is 5.75 Å². The van der Waals surface area contributed by atoms with Gasteiger partial charge in [-0.25, -0.2) is 0 Å². The number of ether oxygens (including phenoxy) is 1. The minimum Gasteiger partial charge on any atom is -0.494 e. The Labute approximate surface area is 131 Å². The average molecular weight is 327 g/mol. The predicted octanol–water partition coefficient (Wildman–Crippen LogP) is 3.14. The topological polar surface area (TPSA) is 71.5 Å². The molecule has 0 saturated heterocycles. The number of nitrogens with zero attached hydrogens (tertiary/aromatic N) is 1. The number of methoxy groups -OCH3 is 1. The number of anilines is 1.